The normalized spacial score (nSPS) is 25.3. The van der Waals surface area contributed by atoms with Crippen LogP contribution in [0.2, 0.25) is 19.6 Å². The van der Waals surface area contributed by atoms with Gasteiger partial charge in [0.15, 0.2) is 8.32 Å². The highest BCUT2D eigenvalue weighted by molar-refractivity contribution is 8.03. The van der Waals surface area contributed by atoms with Crippen LogP contribution in [0.3, 0.4) is 0 Å². The fourth-order valence-electron chi connectivity index (χ4n) is 5.51. The van der Waals surface area contributed by atoms with Gasteiger partial charge in [0.2, 0.25) is 5.91 Å². The Balaban J connectivity index is 1.57. The van der Waals surface area contributed by atoms with Crippen molar-refractivity contribution < 1.29 is 28.3 Å². The van der Waals surface area contributed by atoms with Crippen LogP contribution in [-0.4, -0.2) is 73.0 Å². The van der Waals surface area contributed by atoms with Crippen LogP contribution in [0.5, 0.6) is 0 Å². The first kappa shape index (κ1) is 29.6. The van der Waals surface area contributed by atoms with Gasteiger partial charge in [0, 0.05) is 22.7 Å². The molecule has 4 heterocycles. The Morgan fingerprint density at radius 3 is 2.62 bits per heavy atom. The average Bonchev–Trinajstić information content (AvgIpc) is 3.58. The van der Waals surface area contributed by atoms with E-state index in [1.807, 2.05) is 19.2 Å². The summed E-state index contributed by atoms with van der Waals surface area (Å²) in [5.74, 6) is -1.08. The number of β-lactam (4-membered cyclic amide) rings is 1. The van der Waals surface area contributed by atoms with Crippen molar-refractivity contribution in [2.75, 3.05) is 19.8 Å². The molecule has 3 aliphatic rings. The smallest absolute Gasteiger partial charge is 0.410 e. The minimum Gasteiger partial charge on any atom is -0.457 e. The molecule has 0 radical (unpaired) electrons. The van der Waals surface area contributed by atoms with E-state index >= 15 is 0 Å². The molecule has 1 aromatic heterocycles. The van der Waals surface area contributed by atoms with Gasteiger partial charge in [-0.1, -0.05) is 44.0 Å². The molecule has 9 nitrogen and oxygen atoms in total. The Hall–Kier alpha value is -2.41. The van der Waals surface area contributed by atoms with Gasteiger partial charge in [-0.3, -0.25) is 9.69 Å². The number of thiazole rings is 1. The summed E-state index contributed by atoms with van der Waals surface area (Å²) in [5, 5.41) is 3.47. The van der Waals surface area contributed by atoms with Gasteiger partial charge in [-0.05, 0) is 39.4 Å². The number of rotatable bonds is 11. The minimum absolute atomic E-state index is 0.0558. The highest BCUT2D eigenvalue weighted by atomic mass is 32.2. The van der Waals surface area contributed by atoms with Crippen molar-refractivity contribution in [3.63, 3.8) is 0 Å². The summed E-state index contributed by atoms with van der Waals surface area (Å²) in [5.41, 5.74) is 0.283. The molecular weight excluding hydrogens is 555 g/mol. The number of aromatic nitrogens is 1. The van der Waals surface area contributed by atoms with Gasteiger partial charge in [-0.15, -0.1) is 11.3 Å². The zero-order valence-corrected chi connectivity index (χ0v) is 25.8. The van der Waals surface area contributed by atoms with Gasteiger partial charge in [-0.25, -0.2) is 14.6 Å². The zero-order chi connectivity index (χ0) is 28.5. The quantitative estimate of drug-likeness (QED) is 0.147. The van der Waals surface area contributed by atoms with Crippen molar-refractivity contribution in [3.05, 3.63) is 46.3 Å². The van der Waals surface area contributed by atoms with E-state index in [1.54, 1.807) is 15.9 Å². The SMILES string of the molecule is C=CCOC(=O)C1=C(Sc2csc([C@@H]3CCCN3C(=O)OCC=C)n2)[C@H](C)[C@@H]2[C@@H]([C@@H](C)O[Si](C)(C)C)C(=O)N12. The van der Waals surface area contributed by atoms with E-state index in [-0.39, 0.29) is 60.9 Å². The third kappa shape index (κ3) is 6.03. The molecule has 0 spiro atoms. The standard InChI is InChI=1S/C27H37N3O6S2Si/c1-8-13-34-26(32)22-23(16(3)21-20(25(31)30(21)22)17(4)36-39(5,6)7)38-19-15-37-24(28-19)18-11-10-12-29(18)27(33)35-14-9-2/h8-9,15-18,20-21H,1-2,10-14H2,3-7H3/t16-,17-,18+,20-,21-/m1/s1. The molecule has 212 valence electrons. The minimum atomic E-state index is -1.87. The molecule has 39 heavy (non-hydrogen) atoms. The van der Waals surface area contributed by atoms with Crippen molar-refractivity contribution in [1.82, 2.24) is 14.8 Å². The van der Waals surface area contributed by atoms with Crippen LogP contribution in [0.25, 0.3) is 0 Å². The number of hydrogen-bond acceptors (Lipinski definition) is 9. The average molecular weight is 592 g/mol. The van der Waals surface area contributed by atoms with Crippen molar-refractivity contribution in [2.45, 2.75) is 69.5 Å². The highest BCUT2D eigenvalue weighted by Gasteiger charge is 2.61. The summed E-state index contributed by atoms with van der Waals surface area (Å²) >= 11 is 2.87. The molecule has 0 N–H and O–H groups in total. The molecular formula is C27H37N3O6S2Si. The van der Waals surface area contributed by atoms with E-state index in [4.69, 9.17) is 18.9 Å². The van der Waals surface area contributed by atoms with Crippen molar-refractivity contribution in [2.24, 2.45) is 11.8 Å². The van der Waals surface area contributed by atoms with Crippen molar-refractivity contribution >= 4 is 49.4 Å². The lowest BCUT2D eigenvalue weighted by atomic mass is 9.79. The largest absolute Gasteiger partial charge is 0.457 e. The molecule has 12 heteroatoms. The number of carbonyl (C=O) groups excluding carboxylic acids is 3. The number of fused-ring (bicyclic) bond motifs is 1. The first-order valence-electron chi connectivity index (χ1n) is 13.2. The highest BCUT2D eigenvalue weighted by Crippen LogP contribution is 2.53. The van der Waals surface area contributed by atoms with Gasteiger partial charge in [0.05, 0.1) is 24.1 Å². The Bertz CT molecular complexity index is 1180. The van der Waals surface area contributed by atoms with E-state index in [0.717, 1.165) is 27.8 Å². The molecule has 2 fully saturated rings. The fraction of sp³-hybridized carbons (Fsp3) is 0.556. The second kappa shape index (κ2) is 12.0. The van der Waals surface area contributed by atoms with Crippen LogP contribution in [-0.2, 0) is 23.5 Å². The van der Waals surface area contributed by atoms with Crippen LogP contribution in [0.15, 0.2) is 46.3 Å². The van der Waals surface area contributed by atoms with Crippen LogP contribution in [0.1, 0.15) is 37.7 Å². The lowest BCUT2D eigenvalue weighted by Crippen LogP contribution is -2.64. The van der Waals surface area contributed by atoms with Gasteiger partial charge in [0.1, 0.15) is 28.9 Å². The number of carbonyl (C=O) groups is 3. The monoisotopic (exact) mass is 591 g/mol. The summed E-state index contributed by atoms with van der Waals surface area (Å²) < 4.78 is 16.9. The molecule has 1 aromatic rings. The predicted molar refractivity (Wildman–Crippen MR) is 154 cm³/mol. The van der Waals surface area contributed by atoms with Crippen molar-refractivity contribution in [1.29, 1.82) is 0 Å². The van der Waals surface area contributed by atoms with Crippen LogP contribution >= 0.6 is 23.1 Å². The fourth-order valence-corrected chi connectivity index (χ4v) is 8.96. The van der Waals surface area contributed by atoms with E-state index in [0.29, 0.717) is 6.54 Å². The Kier molecular flexibility index (Phi) is 9.09. The molecule has 0 aliphatic carbocycles. The third-order valence-corrected chi connectivity index (χ3v) is 10.3. The first-order chi connectivity index (χ1) is 18.5. The maximum absolute atomic E-state index is 13.4. The number of thioether (sulfide) groups is 1. The molecule has 2 saturated heterocycles. The van der Waals surface area contributed by atoms with Crippen LogP contribution in [0, 0.1) is 11.8 Å². The predicted octanol–water partition coefficient (Wildman–Crippen LogP) is 5.35. The molecule has 0 aromatic carbocycles. The zero-order valence-electron chi connectivity index (χ0n) is 23.2. The molecule has 4 rings (SSSR count). The molecule has 0 bridgehead atoms. The number of esters is 1. The van der Waals surface area contributed by atoms with Crippen LogP contribution in [0.4, 0.5) is 4.79 Å². The van der Waals surface area contributed by atoms with E-state index in [9.17, 15) is 14.4 Å². The third-order valence-electron chi connectivity index (χ3n) is 6.97. The molecule has 5 atom stereocenters. The summed E-state index contributed by atoms with van der Waals surface area (Å²) in [6, 6.07) is -0.334. The Morgan fingerprint density at radius 2 is 1.95 bits per heavy atom. The number of hydrogen-bond donors (Lipinski definition) is 0. The van der Waals surface area contributed by atoms with Crippen molar-refractivity contribution in [3.8, 4) is 0 Å². The number of ether oxygens (including phenoxy) is 2. The molecule has 0 unspecified atom stereocenters. The molecule has 2 amide bonds. The maximum Gasteiger partial charge on any atom is 0.410 e. The van der Waals surface area contributed by atoms with E-state index in [2.05, 4.69) is 32.8 Å². The maximum atomic E-state index is 13.4. The second-order valence-electron chi connectivity index (χ2n) is 10.9. The lowest BCUT2D eigenvalue weighted by Gasteiger charge is -2.48. The summed E-state index contributed by atoms with van der Waals surface area (Å²) in [6.45, 7) is 18.4. The van der Waals surface area contributed by atoms with Gasteiger partial charge >= 0.3 is 12.1 Å². The first-order valence-corrected chi connectivity index (χ1v) is 18.3. The van der Waals surface area contributed by atoms with Gasteiger partial charge < -0.3 is 18.8 Å². The topological polar surface area (TPSA) is 98.3 Å². The summed E-state index contributed by atoms with van der Waals surface area (Å²) in [6.07, 6.45) is 4.11. The second-order valence-corrected chi connectivity index (χ2v) is 17.3. The van der Waals surface area contributed by atoms with E-state index < -0.39 is 14.3 Å². The number of nitrogens with zero attached hydrogens (tertiary/aromatic N) is 3. The number of amides is 2. The van der Waals surface area contributed by atoms with Gasteiger partial charge in [-0.2, -0.15) is 0 Å². The lowest BCUT2D eigenvalue weighted by molar-refractivity contribution is -0.163. The molecule has 0 saturated carbocycles. The Morgan fingerprint density at radius 1 is 1.26 bits per heavy atom. The summed E-state index contributed by atoms with van der Waals surface area (Å²) in [7, 11) is -1.87. The van der Waals surface area contributed by atoms with E-state index in [1.165, 1.54) is 29.2 Å². The van der Waals surface area contributed by atoms with Crippen LogP contribution < -0.4 is 0 Å². The molecule has 3 aliphatic heterocycles. The number of likely N-dealkylation sites (tertiary alicyclic amines) is 1. The Labute approximate surface area is 239 Å². The van der Waals surface area contributed by atoms with Gasteiger partial charge in [0.25, 0.3) is 0 Å². The summed E-state index contributed by atoms with van der Waals surface area (Å²) in [4.78, 5) is 48.0.